The number of nitrogens with one attached hydrogen (secondary N) is 2. The van der Waals surface area contributed by atoms with E-state index in [0.717, 1.165) is 12.1 Å². The molecule has 0 spiro atoms. The number of aromatic nitrogens is 2. The summed E-state index contributed by atoms with van der Waals surface area (Å²) in [6, 6.07) is 8.70. The highest BCUT2D eigenvalue weighted by atomic mass is 19.2. The zero-order chi connectivity index (χ0) is 16.6. The number of fused-ring (bicyclic) bond motifs is 1. The smallest absolute Gasteiger partial charge is 0.251 e. The van der Waals surface area contributed by atoms with E-state index in [1.165, 1.54) is 6.07 Å². The number of H-pyrrole nitrogens is 1. The van der Waals surface area contributed by atoms with Gasteiger partial charge in [0, 0.05) is 17.2 Å². The third-order valence-electron chi connectivity index (χ3n) is 3.36. The first kappa shape index (κ1) is 15.1. The van der Waals surface area contributed by atoms with Crippen LogP contribution in [0.4, 0.5) is 8.78 Å². The number of imidazole rings is 1. The van der Waals surface area contributed by atoms with Gasteiger partial charge in [0.1, 0.15) is 5.82 Å². The SMILES string of the molecule is CC(C)NC(=O)c1ccc2nc(-c3ccc(F)c(F)c3)[nH]c2c1. The number of aromatic amines is 1. The Morgan fingerprint density at radius 2 is 1.91 bits per heavy atom. The molecule has 2 N–H and O–H groups in total. The predicted octanol–water partition coefficient (Wildman–Crippen LogP) is 3.65. The van der Waals surface area contributed by atoms with Crippen LogP contribution in [0, 0.1) is 11.6 Å². The minimum absolute atomic E-state index is 0.0396. The van der Waals surface area contributed by atoms with Crippen LogP contribution in [0.3, 0.4) is 0 Å². The van der Waals surface area contributed by atoms with E-state index in [0.29, 0.717) is 28.0 Å². The maximum atomic E-state index is 13.3. The van der Waals surface area contributed by atoms with Crippen molar-refractivity contribution in [3.63, 3.8) is 0 Å². The van der Waals surface area contributed by atoms with E-state index in [1.807, 2.05) is 13.8 Å². The van der Waals surface area contributed by atoms with E-state index in [-0.39, 0.29) is 11.9 Å². The normalized spacial score (nSPS) is 11.2. The Bertz CT molecular complexity index is 887. The molecule has 6 heteroatoms. The lowest BCUT2D eigenvalue weighted by Gasteiger charge is -2.07. The summed E-state index contributed by atoms with van der Waals surface area (Å²) in [4.78, 5) is 19.4. The molecule has 0 bridgehead atoms. The second-order valence-corrected chi connectivity index (χ2v) is 5.57. The molecule has 118 valence electrons. The monoisotopic (exact) mass is 315 g/mol. The van der Waals surface area contributed by atoms with Gasteiger partial charge in [-0.2, -0.15) is 0 Å². The van der Waals surface area contributed by atoms with Crippen LogP contribution < -0.4 is 5.32 Å². The maximum Gasteiger partial charge on any atom is 0.251 e. The van der Waals surface area contributed by atoms with Crippen molar-refractivity contribution in [2.45, 2.75) is 19.9 Å². The molecular weight excluding hydrogens is 300 g/mol. The molecule has 0 radical (unpaired) electrons. The van der Waals surface area contributed by atoms with Crippen molar-refractivity contribution in [2.24, 2.45) is 0 Å². The number of hydrogen-bond donors (Lipinski definition) is 2. The quantitative estimate of drug-likeness (QED) is 0.775. The van der Waals surface area contributed by atoms with Crippen molar-refractivity contribution < 1.29 is 13.6 Å². The van der Waals surface area contributed by atoms with Gasteiger partial charge < -0.3 is 10.3 Å². The van der Waals surface area contributed by atoms with Gasteiger partial charge in [-0.1, -0.05) is 0 Å². The van der Waals surface area contributed by atoms with E-state index < -0.39 is 11.6 Å². The number of halogens is 2. The highest BCUT2D eigenvalue weighted by Crippen LogP contribution is 2.23. The molecule has 3 rings (SSSR count). The summed E-state index contributed by atoms with van der Waals surface area (Å²) in [6.45, 7) is 3.77. The van der Waals surface area contributed by atoms with E-state index >= 15 is 0 Å². The van der Waals surface area contributed by atoms with Gasteiger partial charge >= 0.3 is 0 Å². The van der Waals surface area contributed by atoms with Crippen LogP contribution in [0.15, 0.2) is 36.4 Å². The molecule has 0 atom stereocenters. The van der Waals surface area contributed by atoms with E-state index in [2.05, 4.69) is 15.3 Å². The van der Waals surface area contributed by atoms with E-state index in [4.69, 9.17) is 0 Å². The average Bonchev–Trinajstić information content (AvgIpc) is 2.92. The summed E-state index contributed by atoms with van der Waals surface area (Å²) < 4.78 is 26.4. The van der Waals surface area contributed by atoms with Crippen LogP contribution in [0.5, 0.6) is 0 Å². The predicted molar refractivity (Wildman–Crippen MR) is 84.0 cm³/mol. The van der Waals surface area contributed by atoms with Crippen LogP contribution in [-0.4, -0.2) is 21.9 Å². The fourth-order valence-electron chi connectivity index (χ4n) is 2.28. The number of nitrogens with zero attached hydrogens (tertiary/aromatic N) is 1. The average molecular weight is 315 g/mol. The Hall–Kier alpha value is -2.76. The summed E-state index contributed by atoms with van der Waals surface area (Å²) in [5.74, 6) is -1.59. The first-order valence-corrected chi connectivity index (χ1v) is 7.20. The Labute approximate surface area is 131 Å². The minimum Gasteiger partial charge on any atom is -0.350 e. The van der Waals surface area contributed by atoms with Gasteiger partial charge in [0.2, 0.25) is 0 Å². The molecule has 3 aromatic rings. The molecule has 0 fully saturated rings. The van der Waals surface area contributed by atoms with Crippen molar-refractivity contribution in [2.75, 3.05) is 0 Å². The summed E-state index contributed by atoms with van der Waals surface area (Å²) in [5.41, 5.74) is 2.24. The second-order valence-electron chi connectivity index (χ2n) is 5.57. The number of rotatable bonds is 3. The maximum absolute atomic E-state index is 13.3. The van der Waals surface area contributed by atoms with Gasteiger partial charge in [0.05, 0.1) is 11.0 Å². The van der Waals surface area contributed by atoms with E-state index in [9.17, 15) is 13.6 Å². The summed E-state index contributed by atoms with van der Waals surface area (Å²) >= 11 is 0. The Morgan fingerprint density at radius 3 is 2.61 bits per heavy atom. The van der Waals surface area contributed by atoms with Crippen molar-refractivity contribution in [3.8, 4) is 11.4 Å². The Balaban J connectivity index is 1.98. The molecular formula is C17H15F2N3O. The summed E-state index contributed by atoms with van der Waals surface area (Å²) in [7, 11) is 0. The third-order valence-corrected chi connectivity index (χ3v) is 3.36. The van der Waals surface area contributed by atoms with Crippen molar-refractivity contribution >= 4 is 16.9 Å². The van der Waals surface area contributed by atoms with Crippen LogP contribution in [-0.2, 0) is 0 Å². The fraction of sp³-hybridized carbons (Fsp3) is 0.176. The molecule has 0 saturated heterocycles. The molecule has 0 aliphatic carbocycles. The topological polar surface area (TPSA) is 57.8 Å². The lowest BCUT2D eigenvalue weighted by molar-refractivity contribution is 0.0943. The molecule has 0 aliphatic rings. The minimum atomic E-state index is -0.931. The lowest BCUT2D eigenvalue weighted by Crippen LogP contribution is -2.29. The molecule has 4 nitrogen and oxygen atoms in total. The van der Waals surface area contributed by atoms with Gasteiger partial charge in [0.15, 0.2) is 11.6 Å². The number of carbonyl (C=O) groups excluding carboxylic acids is 1. The number of carbonyl (C=O) groups is 1. The van der Waals surface area contributed by atoms with Crippen LogP contribution in [0.1, 0.15) is 24.2 Å². The molecule has 1 amide bonds. The number of amides is 1. The standard InChI is InChI=1S/C17H15F2N3O/c1-9(2)20-17(23)11-4-6-14-15(8-11)22-16(21-14)10-3-5-12(18)13(19)7-10/h3-9H,1-2H3,(H,20,23)(H,21,22). The second kappa shape index (κ2) is 5.79. The highest BCUT2D eigenvalue weighted by molar-refractivity contribution is 5.97. The molecule has 2 aromatic carbocycles. The van der Waals surface area contributed by atoms with Crippen LogP contribution >= 0.6 is 0 Å². The van der Waals surface area contributed by atoms with Gasteiger partial charge in [-0.15, -0.1) is 0 Å². The van der Waals surface area contributed by atoms with Crippen LogP contribution in [0.2, 0.25) is 0 Å². The summed E-state index contributed by atoms with van der Waals surface area (Å²) in [5, 5.41) is 2.81. The fourth-order valence-corrected chi connectivity index (χ4v) is 2.28. The first-order chi connectivity index (χ1) is 10.9. The zero-order valence-corrected chi connectivity index (χ0v) is 12.7. The number of benzene rings is 2. The Kier molecular flexibility index (Phi) is 3.82. The molecule has 1 heterocycles. The van der Waals surface area contributed by atoms with Crippen molar-refractivity contribution in [3.05, 3.63) is 53.6 Å². The van der Waals surface area contributed by atoms with Gasteiger partial charge in [0.25, 0.3) is 5.91 Å². The molecule has 0 aliphatic heterocycles. The summed E-state index contributed by atoms with van der Waals surface area (Å²) in [6.07, 6.45) is 0. The van der Waals surface area contributed by atoms with Gasteiger partial charge in [-0.3, -0.25) is 4.79 Å². The largest absolute Gasteiger partial charge is 0.350 e. The zero-order valence-electron chi connectivity index (χ0n) is 12.7. The third kappa shape index (κ3) is 3.06. The lowest BCUT2D eigenvalue weighted by atomic mass is 10.2. The first-order valence-electron chi connectivity index (χ1n) is 7.20. The molecule has 0 unspecified atom stereocenters. The molecule has 0 saturated carbocycles. The van der Waals surface area contributed by atoms with Crippen molar-refractivity contribution in [1.29, 1.82) is 0 Å². The molecule has 23 heavy (non-hydrogen) atoms. The molecule has 1 aromatic heterocycles. The van der Waals surface area contributed by atoms with Crippen molar-refractivity contribution in [1.82, 2.24) is 15.3 Å². The number of hydrogen-bond acceptors (Lipinski definition) is 2. The highest BCUT2D eigenvalue weighted by Gasteiger charge is 2.12. The van der Waals surface area contributed by atoms with Gasteiger partial charge in [-0.25, -0.2) is 13.8 Å². The van der Waals surface area contributed by atoms with Gasteiger partial charge in [-0.05, 0) is 50.2 Å². The van der Waals surface area contributed by atoms with Crippen LogP contribution in [0.25, 0.3) is 22.4 Å². The Morgan fingerprint density at radius 1 is 1.13 bits per heavy atom. The van der Waals surface area contributed by atoms with E-state index in [1.54, 1.807) is 18.2 Å².